The Bertz CT molecular complexity index is 1160. The fourth-order valence-corrected chi connectivity index (χ4v) is 3.49. The molecule has 0 aliphatic rings. The maximum atomic E-state index is 12.9. The lowest BCUT2D eigenvalue weighted by molar-refractivity contribution is -0.136. The van der Waals surface area contributed by atoms with E-state index in [1.807, 2.05) is 0 Å². The molecule has 0 saturated carbocycles. The Morgan fingerprint density at radius 3 is 2.48 bits per heavy atom. The maximum Gasteiger partial charge on any atom is 0.390 e. The van der Waals surface area contributed by atoms with Crippen molar-refractivity contribution in [2.24, 2.45) is 0 Å². The number of alkyl halides is 3. The van der Waals surface area contributed by atoms with E-state index in [4.69, 9.17) is 16.3 Å². The fraction of sp³-hybridized carbons (Fsp3) is 0.250. The van der Waals surface area contributed by atoms with E-state index in [0.717, 1.165) is 9.25 Å². The molecule has 0 spiro atoms. The molecule has 164 valence electrons. The first kappa shape index (κ1) is 23.1. The lowest BCUT2D eigenvalue weighted by Gasteiger charge is -2.08. The Morgan fingerprint density at radius 2 is 1.87 bits per heavy atom. The first-order valence-electron chi connectivity index (χ1n) is 8.96. The van der Waals surface area contributed by atoms with Crippen LogP contribution < -0.4 is 5.69 Å². The van der Waals surface area contributed by atoms with E-state index in [1.54, 1.807) is 36.4 Å². The summed E-state index contributed by atoms with van der Waals surface area (Å²) in [4.78, 5) is 25.0. The molecular formula is C20H16BrClF3N3O3. The Balaban J connectivity index is 2.08. The minimum absolute atomic E-state index is 0.0699. The number of carbonyl (C=O) groups is 1. The van der Waals surface area contributed by atoms with Gasteiger partial charge in [0.1, 0.15) is 0 Å². The molecular weight excluding hydrogens is 503 g/mol. The molecule has 3 aromatic rings. The van der Waals surface area contributed by atoms with Gasteiger partial charge in [-0.25, -0.2) is 14.3 Å². The summed E-state index contributed by atoms with van der Waals surface area (Å²) >= 11 is 9.19. The standard InChI is InChI=1S/C20H16BrClF3N3O3/c1-31-18(29)16-7-4-14(21)10-13(16)11-28-19(30)27(9-8-20(23,24)25)17(26-28)12-2-5-15(22)6-3-12/h2-7,10H,8-9,11H2,1H3. The van der Waals surface area contributed by atoms with Crippen molar-refractivity contribution in [2.45, 2.75) is 25.7 Å². The zero-order chi connectivity index (χ0) is 22.8. The SMILES string of the molecule is COC(=O)c1ccc(Br)cc1Cn1nc(-c2ccc(Cl)cc2)n(CCC(F)(F)F)c1=O. The van der Waals surface area contributed by atoms with Crippen molar-refractivity contribution >= 4 is 33.5 Å². The van der Waals surface area contributed by atoms with Gasteiger partial charge in [-0.2, -0.15) is 13.2 Å². The van der Waals surface area contributed by atoms with Crippen molar-refractivity contribution in [1.29, 1.82) is 0 Å². The van der Waals surface area contributed by atoms with Crippen LogP contribution in [0.2, 0.25) is 5.02 Å². The maximum absolute atomic E-state index is 12.9. The Hall–Kier alpha value is -2.59. The summed E-state index contributed by atoms with van der Waals surface area (Å²) in [5.74, 6) is -0.537. The first-order chi connectivity index (χ1) is 14.6. The van der Waals surface area contributed by atoms with Crippen molar-refractivity contribution in [3.05, 3.63) is 73.6 Å². The first-order valence-corrected chi connectivity index (χ1v) is 10.1. The number of halogens is 5. The number of aromatic nitrogens is 3. The number of benzene rings is 2. The van der Waals surface area contributed by atoms with Crippen LogP contribution in [0.15, 0.2) is 51.7 Å². The van der Waals surface area contributed by atoms with Gasteiger partial charge in [-0.1, -0.05) is 27.5 Å². The second-order valence-corrected chi connectivity index (χ2v) is 7.93. The highest BCUT2D eigenvalue weighted by Crippen LogP contribution is 2.24. The van der Waals surface area contributed by atoms with E-state index in [9.17, 15) is 22.8 Å². The summed E-state index contributed by atoms with van der Waals surface area (Å²) < 4.78 is 45.9. The number of hydrogen-bond acceptors (Lipinski definition) is 4. The van der Waals surface area contributed by atoms with Gasteiger partial charge in [0.2, 0.25) is 0 Å². The van der Waals surface area contributed by atoms with E-state index >= 15 is 0 Å². The van der Waals surface area contributed by atoms with Gasteiger partial charge in [-0.05, 0) is 48.0 Å². The van der Waals surface area contributed by atoms with Crippen LogP contribution in [0.25, 0.3) is 11.4 Å². The molecule has 31 heavy (non-hydrogen) atoms. The third-order valence-electron chi connectivity index (χ3n) is 4.44. The Labute approximate surface area is 188 Å². The molecule has 0 N–H and O–H groups in total. The van der Waals surface area contributed by atoms with Gasteiger partial charge in [-0.3, -0.25) is 4.57 Å². The Morgan fingerprint density at radius 1 is 1.19 bits per heavy atom. The zero-order valence-corrected chi connectivity index (χ0v) is 18.5. The summed E-state index contributed by atoms with van der Waals surface area (Å²) in [5.41, 5.74) is 0.344. The van der Waals surface area contributed by atoms with E-state index in [2.05, 4.69) is 21.0 Å². The molecule has 6 nitrogen and oxygen atoms in total. The number of rotatable bonds is 6. The van der Waals surface area contributed by atoms with Gasteiger partial charge >= 0.3 is 17.8 Å². The second-order valence-electron chi connectivity index (χ2n) is 6.58. The molecule has 11 heteroatoms. The molecule has 1 aromatic heterocycles. The van der Waals surface area contributed by atoms with Crippen molar-refractivity contribution in [3.63, 3.8) is 0 Å². The average Bonchev–Trinajstić information content (AvgIpc) is 3.01. The Kier molecular flexibility index (Phi) is 6.90. The summed E-state index contributed by atoms with van der Waals surface area (Å²) in [7, 11) is 1.23. The minimum atomic E-state index is -4.44. The fourth-order valence-electron chi connectivity index (χ4n) is 2.96. The van der Waals surface area contributed by atoms with Crippen LogP contribution in [-0.2, 0) is 17.8 Å². The lowest BCUT2D eigenvalue weighted by Crippen LogP contribution is -2.27. The third-order valence-corrected chi connectivity index (χ3v) is 5.18. The highest BCUT2D eigenvalue weighted by atomic mass is 79.9. The summed E-state index contributed by atoms with van der Waals surface area (Å²) in [5, 5.41) is 4.69. The van der Waals surface area contributed by atoms with E-state index < -0.39 is 30.8 Å². The van der Waals surface area contributed by atoms with Crippen LogP contribution >= 0.6 is 27.5 Å². The van der Waals surface area contributed by atoms with Crippen LogP contribution in [-0.4, -0.2) is 33.6 Å². The van der Waals surface area contributed by atoms with E-state index in [1.165, 1.54) is 13.2 Å². The molecule has 0 aliphatic carbocycles. The molecule has 2 aromatic carbocycles. The predicted octanol–water partition coefficient (Wildman–Crippen LogP) is 4.92. The predicted molar refractivity (Wildman–Crippen MR) is 112 cm³/mol. The molecule has 0 unspecified atom stereocenters. The number of nitrogens with zero attached hydrogens (tertiary/aromatic N) is 3. The van der Waals surface area contributed by atoms with E-state index in [0.29, 0.717) is 20.6 Å². The number of hydrogen-bond donors (Lipinski definition) is 0. The smallest absolute Gasteiger partial charge is 0.390 e. The van der Waals surface area contributed by atoms with Crippen LogP contribution in [0, 0.1) is 0 Å². The van der Waals surface area contributed by atoms with Gasteiger partial charge < -0.3 is 4.74 Å². The molecule has 0 fully saturated rings. The van der Waals surface area contributed by atoms with E-state index in [-0.39, 0.29) is 17.9 Å². The highest BCUT2D eigenvalue weighted by Gasteiger charge is 2.28. The molecule has 0 radical (unpaired) electrons. The molecule has 0 saturated heterocycles. The van der Waals surface area contributed by atoms with Gasteiger partial charge in [0, 0.05) is 21.6 Å². The van der Waals surface area contributed by atoms with Gasteiger partial charge in [0.05, 0.1) is 25.6 Å². The number of methoxy groups -OCH3 is 1. The van der Waals surface area contributed by atoms with Crippen molar-refractivity contribution in [2.75, 3.05) is 7.11 Å². The quantitative estimate of drug-likeness (QED) is 0.435. The molecule has 0 aliphatic heterocycles. The van der Waals surface area contributed by atoms with Crippen molar-refractivity contribution < 1.29 is 22.7 Å². The van der Waals surface area contributed by atoms with Crippen LogP contribution in [0.3, 0.4) is 0 Å². The summed E-state index contributed by atoms with van der Waals surface area (Å²) in [6, 6.07) is 11.0. The van der Waals surface area contributed by atoms with Crippen molar-refractivity contribution in [1.82, 2.24) is 14.3 Å². The molecule has 0 atom stereocenters. The van der Waals surface area contributed by atoms with Crippen molar-refractivity contribution in [3.8, 4) is 11.4 Å². The van der Waals surface area contributed by atoms with Gasteiger partial charge in [0.25, 0.3) is 0 Å². The average molecular weight is 519 g/mol. The van der Waals surface area contributed by atoms with Crippen LogP contribution in [0.1, 0.15) is 22.3 Å². The normalized spacial score (nSPS) is 11.5. The lowest BCUT2D eigenvalue weighted by atomic mass is 10.1. The summed E-state index contributed by atoms with van der Waals surface area (Å²) in [6.45, 7) is -0.731. The monoisotopic (exact) mass is 517 g/mol. The highest BCUT2D eigenvalue weighted by molar-refractivity contribution is 9.10. The third kappa shape index (κ3) is 5.56. The number of ether oxygens (including phenoxy) is 1. The number of carbonyl (C=O) groups excluding carboxylic acids is 1. The van der Waals surface area contributed by atoms with Crippen LogP contribution in [0.4, 0.5) is 13.2 Å². The van der Waals surface area contributed by atoms with Gasteiger partial charge in [0.15, 0.2) is 5.82 Å². The molecule has 0 amide bonds. The molecule has 3 rings (SSSR count). The van der Waals surface area contributed by atoms with Crippen LogP contribution in [0.5, 0.6) is 0 Å². The largest absolute Gasteiger partial charge is 0.465 e. The second kappa shape index (κ2) is 9.27. The molecule has 1 heterocycles. The molecule has 0 bridgehead atoms. The topological polar surface area (TPSA) is 66.1 Å². The summed E-state index contributed by atoms with van der Waals surface area (Å²) in [6.07, 6.45) is -5.63. The minimum Gasteiger partial charge on any atom is -0.465 e. The number of esters is 1. The zero-order valence-electron chi connectivity index (χ0n) is 16.1. The van der Waals surface area contributed by atoms with Gasteiger partial charge in [-0.15, -0.1) is 5.10 Å².